The number of hydrogen-bond acceptors (Lipinski definition) is 16. The van der Waals surface area contributed by atoms with Crippen LogP contribution < -0.4 is 9.47 Å². The molecule has 16 heteroatoms. The smallest absolute Gasteiger partial charge is 0.331 e. The number of esters is 2. The minimum atomic E-state index is -1.98. The van der Waals surface area contributed by atoms with Gasteiger partial charge in [0.1, 0.15) is 48.8 Å². The summed E-state index contributed by atoms with van der Waals surface area (Å²) in [4.78, 5) is 25.1. The summed E-state index contributed by atoms with van der Waals surface area (Å²) in [5.74, 6) is -2.59. The Morgan fingerprint density at radius 3 is 1.96 bits per heavy atom. The first-order valence-electron chi connectivity index (χ1n) is 15.1. The Kier molecular flexibility index (Phi) is 12.6. The van der Waals surface area contributed by atoms with Crippen molar-refractivity contribution in [3.63, 3.8) is 0 Å². The van der Waals surface area contributed by atoms with Crippen LogP contribution in [0, 0.1) is 5.92 Å². The number of aromatic hydroxyl groups is 2. The number of phenols is 2. The second kappa shape index (κ2) is 16.4. The van der Waals surface area contributed by atoms with Gasteiger partial charge < -0.3 is 69.3 Å². The van der Waals surface area contributed by atoms with E-state index in [1.54, 1.807) is 0 Å². The van der Waals surface area contributed by atoms with Crippen LogP contribution in [0.3, 0.4) is 0 Å². The summed E-state index contributed by atoms with van der Waals surface area (Å²) in [6, 6.07) is 8.69. The van der Waals surface area contributed by atoms with Crippen LogP contribution in [0.25, 0.3) is 12.2 Å². The van der Waals surface area contributed by atoms with Crippen LogP contribution >= 0.6 is 0 Å². The fourth-order valence-corrected chi connectivity index (χ4v) is 5.57. The van der Waals surface area contributed by atoms with Gasteiger partial charge in [0.05, 0.1) is 20.8 Å². The molecule has 0 spiro atoms. The highest BCUT2D eigenvalue weighted by Crippen LogP contribution is 2.42. The molecule has 1 heterocycles. The van der Waals surface area contributed by atoms with Crippen LogP contribution in [0.5, 0.6) is 23.0 Å². The first-order chi connectivity index (χ1) is 23.4. The van der Waals surface area contributed by atoms with E-state index < -0.39 is 86.2 Å². The summed E-state index contributed by atoms with van der Waals surface area (Å²) in [5, 5.41) is 82.8. The number of benzene rings is 2. The molecule has 2 aromatic rings. The summed E-state index contributed by atoms with van der Waals surface area (Å²) >= 11 is 0. The fraction of sp³-hybridized carbons (Fsp3) is 0.455. The van der Waals surface area contributed by atoms with Gasteiger partial charge in [-0.25, -0.2) is 9.59 Å². The maximum absolute atomic E-state index is 12.7. The van der Waals surface area contributed by atoms with Crippen molar-refractivity contribution in [1.82, 2.24) is 0 Å². The number of carbonyl (C=O) groups excluding carboxylic acids is 2. The van der Waals surface area contributed by atoms with Gasteiger partial charge in [0.15, 0.2) is 29.3 Å². The molecular formula is C33H40O16. The molecular weight excluding hydrogens is 652 g/mol. The summed E-state index contributed by atoms with van der Waals surface area (Å²) in [5.41, 5.74) is -1.00. The molecule has 0 amide bonds. The SMILES string of the molecule is COc1cc(C=CC(=O)OCC2OC(OC3(CO)CC(CO)C(OC(=O)C=Cc4ccc(O)c(OC)c4)C3O)C(O)C(O)C2O)ccc1O. The third-order valence-corrected chi connectivity index (χ3v) is 8.32. The number of phenolic OH excluding ortho intramolecular Hbond substituents is 2. The van der Waals surface area contributed by atoms with Crippen molar-refractivity contribution >= 4 is 24.1 Å². The number of methoxy groups -OCH3 is 2. The normalized spacial score (nSPS) is 30.0. The highest BCUT2D eigenvalue weighted by Gasteiger charge is 2.58. The Morgan fingerprint density at radius 1 is 0.857 bits per heavy atom. The number of ether oxygens (including phenoxy) is 6. The van der Waals surface area contributed by atoms with Crippen molar-refractivity contribution in [1.29, 1.82) is 0 Å². The third-order valence-electron chi connectivity index (χ3n) is 8.32. The van der Waals surface area contributed by atoms with Gasteiger partial charge in [-0.05, 0) is 54.0 Å². The van der Waals surface area contributed by atoms with Gasteiger partial charge in [0, 0.05) is 24.7 Å². The fourth-order valence-electron chi connectivity index (χ4n) is 5.57. The van der Waals surface area contributed by atoms with Crippen molar-refractivity contribution in [3.8, 4) is 23.0 Å². The molecule has 0 radical (unpaired) electrons. The van der Waals surface area contributed by atoms with E-state index in [1.807, 2.05) is 0 Å². The zero-order valence-electron chi connectivity index (χ0n) is 26.6. The van der Waals surface area contributed by atoms with Gasteiger partial charge in [0.2, 0.25) is 0 Å². The molecule has 9 unspecified atom stereocenters. The lowest BCUT2D eigenvalue weighted by Gasteiger charge is -2.44. The van der Waals surface area contributed by atoms with Crippen molar-refractivity contribution in [3.05, 3.63) is 59.7 Å². The van der Waals surface area contributed by atoms with Crippen LogP contribution in [-0.2, 0) is 28.5 Å². The highest BCUT2D eigenvalue weighted by atomic mass is 16.7. The molecule has 4 rings (SSSR count). The van der Waals surface area contributed by atoms with Crippen molar-refractivity contribution in [2.75, 3.05) is 34.0 Å². The van der Waals surface area contributed by atoms with E-state index in [2.05, 4.69) is 0 Å². The van der Waals surface area contributed by atoms with E-state index in [1.165, 1.54) is 62.8 Å². The molecule has 16 nitrogen and oxygen atoms in total. The van der Waals surface area contributed by atoms with E-state index in [9.17, 15) is 50.4 Å². The predicted octanol–water partition coefficient (Wildman–Crippen LogP) is -0.775. The van der Waals surface area contributed by atoms with Crippen LogP contribution in [0.1, 0.15) is 17.5 Å². The van der Waals surface area contributed by atoms with Crippen LogP contribution in [0.15, 0.2) is 48.6 Å². The minimum absolute atomic E-state index is 0.0968. The molecule has 0 bridgehead atoms. The van der Waals surface area contributed by atoms with Crippen molar-refractivity contribution in [2.24, 2.45) is 5.92 Å². The lowest BCUT2D eigenvalue weighted by molar-refractivity contribution is -0.339. The summed E-state index contributed by atoms with van der Waals surface area (Å²) < 4.78 is 32.1. The van der Waals surface area contributed by atoms with E-state index in [0.717, 1.165) is 12.2 Å². The van der Waals surface area contributed by atoms with Gasteiger partial charge in [-0.15, -0.1) is 0 Å². The second-order valence-corrected chi connectivity index (χ2v) is 11.5. The molecule has 1 aliphatic heterocycles. The Balaban J connectivity index is 1.41. The monoisotopic (exact) mass is 692 g/mol. The van der Waals surface area contributed by atoms with Crippen LogP contribution in [0.2, 0.25) is 0 Å². The lowest BCUT2D eigenvalue weighted by atomic mass is 9.96. The quantitative estimate of drug-likeness (QED) is 0.0947. The van der Waals surface area contributed by atoms with Crippen LogP contribution in [0.4, 0.5) is 0 Å². The number of aliphatic hydroxyl groups excluding tert-OH is 6. The molecule has 49 heavy (non-hydrogen) atoms. The molecule has 0 aromatic heterocycles. The molecule has 268 valence electrons. The second-order valence-electron chi connectivity index (χ2n) is 11.5. The van der Waals surface area contributed by atoms with E-state index >= 15 is 0 Å². The van der Waals surface area contributed by atoms with E-state index in [4.69, 9.17) is 28.4 Å². The summed E-state index contributed by atoms with van der Waals surface area (Å²) in [7, 11) is 2.72. The molecule has 2 fully saturated rings. The molecule has 8 N–H and O–H groups in total. The lowest BCUT2D eigenvalue weighted by Crippen LogP contribution is -2.62. The Hall–Kier alpha value is -4.26. The molecule has 1 saturated heterocycles. The first-order valence-corrected chi connectivity index (χ1v) is 15.1. The van der Waals surface area contributed by atoms with Gasteiger partial charge >= 0.3 is 11.9 Å². The first kappa shape index (κ1) is 37.6. The van der Waals surface area contributed by atoms with Crippen LogP contribution in [-0.4, -0.2) is 135 Å². The topological polar surface area (TPSA) is 251 Å². The van der Waals surface area contributed by atoms with Crippen molar-refractivity contribution in [2.45, 2.75) is 54.9 Å². The Bertz CT molecular complexity index is 1510. The largest absolute Gasteiger partial charge is 0.504 e. The van der Waals surface area contributed by atoms with Gasteiger partial charge in [-0.3, -0.25) is 0 Å². The number of rotatable bonds is 13. The zero-order chi connectivity index (χ0) is 35.9. The zero-order valence-corrected chi connectivity index (χ0v) is 26.6. The van der Waals surface area contributed by atoms with Crippen molar-refractivity contribution < 1.29 is 78.9 Å². The highest BCUT2D eigenvalue weighted by molar-refractivity contribution is 5.88. The number of hydrogen-bond donors (Lipinski definition) is 8. The third kappa shape index (κ3) is 8.67. The standard InChI is InChI=1S/C33H40O16/c1-44-22-11-17(3-7-20(22)36)5-9-25(38)46-15-24-27(40)28(41)29(42)32(47-24)49-33(16-35)13-19(14-34)30(31(33)43)48-26(39)10-6-18-4-8-21(37)23(12-18)45-2/h3-12,19,24,27-32,34-37,40-43H,13-16H2,1-2H3. The average molecular weight is 693 g/mol. The molecule has 1 saturated carbocycles. The summed E-state index contributed by atoms with van der Waals surface area (Å²) in [6.07, 6.45) is -7.34. The maximum atomic E-state index is 12.7. The van der Waals surface area contributed by atoms with Gasteiger partial charge in [-0.2, -0.15) is 0 Å². The number of carbonyl (C=O) groups is 2. The summed E-state index contributed by atoms with van der Waals surface area (Å²) in [6.45, 7) is -2.11. The van der Waals surface area contributed by atoms with Gasteiger partial charge in [-0.1, -0.05) is 12.1 Å². The molecule has 2 aromatic carbocycles. The molecule has 1 aliphatic carbocycles. The van der Waals surface area contributed by atoms with Gasteiger partial charge in [0.25, 0.3) is 0 Å². The van der Waals surface area contributed by atoms with E-state index in [-0.39, 0.29) is 29.4 Å². The molecule has 2 aliphatic rings. The Labute approximate surface area is 280 Å². The minimum Gasteiger partial charge on any atom is -0.504 e. The van der Waals surface area contributed by atoms with E-state index in [0.29, 0.717) is 11.1 Å². The number of aliphatic hydroxyl groups is 6. The Morgan fingerprint density at radius 2 is 1.43 bits per heavy atom. The average Bonchev–Trinajstić information content (AvgIpc) is 3.36. The molecule has 9 atom stereocenters. The maximum Gasteiger partial charge on any atom is 0.331 e. The predicted molar refractivity (Wildman–Crippen MR) is 167 cm³/mol.